The molecule has 0 unspecified atom stereocenters. The van der Waals surface area contributed by atoms with E-state index in [1.807, 2.05) is 12.1 Å². The summed E-state index contributed by atoms with van der Waals surface area (Å²) in [5, 5.41) is 12.2. The van der Waals surface area contributed by atoms with Crippen molar-refractivity contribution < 1.29 is 9.90 Å². The number of hydrazone groups is 1. The van der Waals surface area contributed by atoms with E-state index in [-0.39, 0.29) is 5.71 Å². The normalized spacial score (nSPS) is 11.1. The number of rotatable bonds is 4. The number of allylic oxidation sites excluding steroid dienone is 1. The molecule has 0 saturated heterocycles. The van der Waals surface area contributed by atoms with E-state index in [1.54, 1.807) is 18.2 Å². The summed E-state index contributed by atoms with van der Waals surface area (Å²) >= 11 is 0. The Balaban J connectivity index is 3.22. The highest BCUT2D eigenvalue weighted by Crippen LogP contribution is 2.11. The number of hydrogen-bond acceptors (Lipinski definition) is 3. The predicted octanol–water partition coefficient (Wildman–Crippen LogP) is 1.16. The van der Waals surface area contributed by atoms with Crippen LogP contribution in [0.1, 0.15) is 11.1 Å². The number of carboxylic acid groups (broad SMARTS) is 1. The Morgan fingerprint density at radius 1 is 1.53 bits per heavy atom. The summed E-state index contributed by atoms with van der Waals surface area (Å²) in [6, 6.07) is 7.08. The third kappa shape index (κ3) is 2.43. The van der Waals surface area contributed by atoms with E-state index < -0.39 is 5.97 Å². The van der Waals surface area contributed by atoms with Crippen molar-refractivity contribution in [1.29, 1.82) is 0 Å². The van der Waals surface area contributed by atoms with Crippen LogP contribution in [-0.4, -0.2) is 16.8 Å². The third-order valence-corrected chi connectivity index (χ3v) is 1.97. The SMILES string of the molecule is C=CCc1ccccc1/C(=N\N)C(=O)O. The summed E-state index contributed by atoms with van der Waals surface area (Å²) in [4.78, 5) is 10.9. The molecular weight excluding hydrogens is 192 g/mol. The first-order chi connectivity index (χ1) is 7.20. The minimum Gasteiger partial charge on any atom is -0.476 e. The Morgan fingerprint density at radius 3 is 2.73 bits per heavy atom. The molecule has 4 heteroatoms. The van der Waals surface area contributed by atoms with Crippen molar-refractivity contribution in [1.82, 2.24) is 0 Å². The molecule has 0 heterocycles. The van der Waals surface area contributed by atoms with Gasteiger partial charge < -0.3 is 10.9 Å². The summed E-state index contributed by atoms with van der Waals surface area (Å²) in [6.07, 6.45) is 2.29. The summed E-state index contributed by atoms with van der Waals surface area (Å²) in [7, 11) is 0. The second-order valence-corrected chi connectivity index (χ2v) is 2.93. The van der Waals surface area contributed by atoms with E-state index in [0.29, 0.717) is 12.0 Å². The number of benzene rings is 1. The summed E-state index contributed by atoms with van der Waals surface area (Å²) < 4.78 is 0. The van der Waals surface area contributed by atoms with Crippen molar-refractivity contribution in [3.8, 4) is 0 Å². The van der Waals surface area contributed by atoms with Gasteiger partial charge in [-0.15, -0.1) is 6.58 Å². The molecular formula is C11H12N2O2. The van der Waals surface area contributed by atoms with Crippen molar-refractivity contribution in [2.45, 2.75) is 6.42 Å². The van der Waals surface area contributed by atoms with Gasteiger partial charge >= 0.3 is 5.97 Å². The van der Waals surface area contributed by atoms with E-state index in [0.717, 1.165) is 5.56 Å². The molecule has 0 amide bonds. The van der Waals surface area contributed by atoms with Crippen LogP contribution >= 0.6 is 0 Å². The predicted molar refractivity (Wildman–Crippen MR) is 58.7 cm³/mol. The van der Waals surface area contributed by atoms with Crippen molar-refractivity contribution in [3.63, 3.8) is 0 Å². The smallest absolute Gasteiger partial charge is 0.356 e. The molecule has 0 radical (unpaired) electrons. The van der Waals surface area contributed by atoms with E-state index in [4.69, 9.17) is 10.9 Å². The molecule has 0 bridgehead atoms. The number of hydrogen-bond donors (Lipinski definition) is 2. The van der Waals surface area contributed by atoms with Crippen molar-refractivity contribution >= 4 is 11.7 Å². The van der Waals surface area contributed by atoms with Gasteiger partial charge in [0.05, 0.1) is 0 Å². The van der Waals surface area contributed by atoms with Crippen LogP contribution in [0.3, 0.4) is 0 Å². The van der Waals surface area contributed by atoms with Crippen LogP contribution in [0, 0.1) is 0 Å². The van der Waals surface area contributed by atoms with Gasteiger partial charge in [0.25, 0.3) is 0 Å². The molecule has 0 fully saturated rings. The van der Waals surface area contributed by atoms with Crippen LogP contribution in [0.4, 0.5) is 0 Å². The van der Waals surface area contributed by atoms with E-state index in [9.17, 15) is 4.79 Å². The van der Waals surface area contributed by atoms with Crippen molar-refractivity contribution in [3.05, 3.63) is 48.0 Å². The highest BCUT2D eigenvalue weighted by molar-refractivity contribution is 6.42. The minimum atomic E-state index is -1.13. The molecule has 0 aliphatic carbocycles. The fourth-order valence-electron chi connectivity index (χ4n) is 1.32. The Bertz CT molecular complexity index is 411. The van der Waals surface area contributed by atoms with Gasteiger partial charge in [-0.1, -0.05) is 30.3 Å². The fourth-order valence-corrected chi connectivity index (χ4v) is 1.32. The van der Waals surface area contributed by atoms with Gasteiger partial charge in [0.1, 0.15) is 0 Å². The van der Waals surface area contributed by atoms with E-state index in [1.165, 1.54) is 0 Å². The van der Waals surface area contributed by atoms with E-state index in [2.05, 4.69) is 11.7 Å². The second-order valence-electron chi connectivity index (χ2n) is 2.93. The largest absolute Gasteiger partial charge is 0.476 e. The second kappa shape index (κ2) is 4.95. The Hall–Kier alpha value is -2.10. The van der Waals surface area contributed by atoms with Gasteiger partial charge in [0.2, 0.25) is 0 Å². The molecule has 4 nitrogen and oxygen atoms in total. The van der Waals surface area contributed by atoms with Gasteiger partial charge in [-0.25, -0.2) is 4.79 Å². The average molecular weight is 204 g/mol. The molecule has 0 saturated carbocycles. The first-order valence-corrected chi connectivity index (χ1v) is 4.41. The monoisotopic (exact) mass is 204 g/mol. The molecule has 1 aromatic carbocycles. The Kier molecular flexibility index (Phi) is 3.62. The van der Waals surface area contributed by atoms with Crippen molar-refractivity contribution in [2.24, 2.45) is 10.9 Å². The lowest BCUT2D eigenvalue weighted by Gasteiger charge is -2.06. The lowest BCUT2D eigenvalue weighted by molar-refractivity contribution is -0.129. The fraction of sp³-hybridized carbons (Fsp3) is 0.0909. The Morgan fingerprint density at radius 2 is 2.20 bits per heavy atom. The maximum Gasteiger partial charge on any atom is 0.356 e. The quantitative estimate of drug-likeness (QED) is 0.334. The highest BCUT2D eigenvalue weighted by atomic mass is 16.4. The molecule has 1 aromatic rings. The van der Waals surface area contributed by atoms with Crippen LogP contribution < -0.4 is 5.84 Å². The molecule has 78 valence electrons. The highest BCUT2D eigenvalue weighted by Gasteiger charge is 2.14. The molecule has 0 aliphatic rings. The molecule has 0 spiro atoms. The number of nitrogens with zero attached hydrogens (tertiary/aromatic N) is 1. The van der Waals surface area contributed by atoms with Crippen LogP contribution in [0.25, 0.3) is 0 Å². The average Bonchev–Trinajstić information content (AvgIpc) is 2.21. The third-order valence-electron chi connectivity index (χ3n) is 1.97. The lowest BCUT2D eigenvalue weighted by Crippen LogP contribution is -2.18. The van der Waals surface area contributed by atoms with Crippen molar-refractivity contribution in [2.75, 3.05) is 0 Å². The number of carbonyl (C=O) groups is 1. The van der Waals surface area contributed by atoms with Crippen LogP contribution in [0.15, 0.2) is 42.0 Å². The van der Waals surface area contributed by atoms with E-state index >= 15 is 0 Å². The first kappa shape index (κ1) is 11.0. The maximum atomic E-state index is 10.9. The lowest BCUT2D eigenvalue weighted by atomic mass is 10.0. The van der Waals surface area contributed by atoms with Crippen LogP contribution in [-0.2, 0) is 11.2 Å². The molecule has 0 aliphatic heterocycles. The summed E-state index contributed by atoms with van der Waals surface area (Å²) in [5.74, 6) is 3.92. The van der Waals surface area contributed by atoms with Gasteiger partial charge in [0.15, 0.2) is 5.71 Å². The number of aliphatic carboxylic acids is 1. The molecule has 15 heavy (non-hydrogen) atoms. The zero-order valence-corrected chi connectivity index (χ0v) is 8.18. The number of nitrogens with two attached hydrogens (primary N) is 1. The van der Waals surface area contributed by atoms with Gasteiger partial charge in [0, 0.05) is 5.56 Å². The molecule has 3 N–H and O–H groups in total. The zero-order chi connectivity index (χ0) is 11.3. The zero-order valence-electron chi connectivity index (χ0n) is 8.18. The van der Waals surface area contributed by atoms with Crippen LogP contribution in [0.5, 0.6) is 0 Å². The molecule has 0 atom stereocenters. The standard InChI is InChI=1S/C11H12N2O2/c1-2-5-8-6-3-4-7-9(8)10(13-12)11(14)15/h2-4,6-7H,1,5,12H2,(H,14,15)/b13-10+. The van der Waals surface area contributed by atoms with Gasteiger partial charge in [-0.05, 0) is 12.0 Å². The summed E-state index contributed by atoms with van der Waals surface area (Å²) in [5.41, 5.74) is 1.25. The van der Waals surface area contributed by atoms with Gasteiger partial charge in [-0.2, -0.15) is 5.10 Å². The Labute approximate surface area is 87.7 Å². The topological polar surface area (TPSA) is 75.7 Å². The summed E-state index contributed by atoms with van der Waals surface area (Å²) in [6.45, 7) is 3.61. The molecule has 1 rings (SSSR count). The van der Waals surface area contributed by atoms with Gasteiger partial charge in [-0.3, -0.25) is 0 Å². The maximum absolute atomic E-state index is 10.9. The number of carboxylic acids is 1. The van der Waals surface area contributed by atoms with Crippen LogP contribution in [0.2, 0.25) is 0 Å². The molecule has 0 aromatic heterocycles. The minimum absolute atomic E-state index is 0.132. The first-order valence-electron chi connectivity index (χ1n) is 4.41.